The van der Waals surface area contributed by atoms with Crippen LogP contribution in [0.1, 0.15) is 42.4 Å². The zero-order chi connectivity index (χ0) is 22.3. The van der Waals surface area contributed by atoms with E-state index in [0.717, 1.165) is 34.6 Å². The Hall–Kier alpha value is -2.64. The molecule has 1 heterocycles. The maximum absolute atomic E-state index is 11.3. The summed E-state index contributed by atoms with van der Waals surface area (Å²) in [7, 11) is 0. The van der Waals surface area contributed by atoms with Crippen molar-refractivity contribution >= 4 is 23.4 Å². The van der Waals surface area contributed by atoms with Crippen LogP contribution in [0.25, 0.3) is 0 Å². The van der Waals surface area contributed by atoms with Gasteiger partial charge < -0.3 is 19.9 Å². The maximum atomic E-state index is 11.3. The number of thioether (sulfide) groups is 1. The molecule has 3 aromatic carbocycles. The normalized spacial score (nSPS) is 20.6. The van der Waals surface area contributed by atoms with Crippen LogP contribution in [0.4, 0.5) is 5.69 Å². The van der Waals surface area contributed by atoms with Crippen molar-refractivity contribution in [3.8, 4) is 0 Å². The number of hydrogen-bond acceptors (Lipinski definition) is 5. The van der Waals surface area contributed by atoms with Gasteiger partial charge in [-0.05, 0) is 35.4 Å². The number of carbonyl (C=O) groups excluding carboxylic acids is 1. The number of hydrogen-bond donors (Lipinski definition) is 2. The number of ether oxygens (including phenoxy) is 2. The fourth-order valence-electron chi connectivity index (χ4n) is 3.66. The Morgan fingerprint density at radius 2 is 1.66 bits per heavy atom. The average Bonchev–Trinajstić information content (AvgIpc) is 2.83. The van der Waals surface area contributed by atoms with E-state index in [4.69, 9.17) is 9.47 Å². The summed E-state index contributed by atoms with van der Waals surface area (Å²) >= 11 is 1.78. The van der Waals surface area contributed by atoms with Crippen molar-refractivity contribution < 1.29 is 19.4 Å². The second-order valence-electron chi connectivity index (χ2n) is 7.78. The predicted molar refractivity (Wildman–Crippen MR) is 126 cm³/mol. The highest BCUT2D eigenvalue weighted by Crippen LogP contribution is 2.39. The molecular weight excluding hydrogens is 422 g/mol. The van der Waals surface area contributed by atoms with Crippen molar-refractivity contribution in [3.05, 3.63) is 95.6 Å². The summed E-state index contributed by atoms with van der Waals surface area (Å²) in [4.78, 5) is 12.5. The Labute approximate surface area is 192 Å². The number of anilines is 1. The van der Waals surface area contributed by atoms with E-state index in [1.54, 1.807) is 11.8 Å². The van der Waals surface area contributed by atoms with Gasteiger partial charge in [0.15, 0.2) is 6.29 Å². The van der Waals surface area contributed by atoms with Crippen LogP contribution in [0.15, 0.2) is 83.8 Å². The van der Waals surface area contributed by atoms with Crippen LogP contribution in [0.2, 0.25) is 0 Å². The van der Waals surface area contributed by atoms with Crippen molar-refractivity contribution in [2.45, 2.75) is 43.3 Å². The first-order valence-electron chi connectivity index (χ1n) is 10.7. The molecule has 0 spiro atoms. The van der Waals surface area contributed by atoms with Gasteiger partial charge in [-0.2, -0.15) is 0 Å². The fraction of sp³-hybridized carbons (Fsp3) is 0.269. The lowest BCUT2D eigenvalue weighted by atomic mass is 10.0. The summed E-state index contributed by atoms with van der Waals surface area (Å²) in [5.41, 5.74) is 3.59. The minimum absolute atomic E-state index is 0.0106. The van der Waals surface area contributed by atoms with Gasteiger partial charge in [0.2, 0.25) is 5.91 Å². The summed E-state index contributed by atoms with van der Waals surface area (Å²) < 4.78 is 12.7. The molecule has 1 amide bonds. The molecule has 3 atom stereocenters. The first-order valence-corrected chi connectivity index (χ1v) is 11.7. The van der Waals surface area contributed by atoms with Crippen LogP contribution in [0, 0.1) is 0 Å². The maximum Gasteiger partial charge on any atom is 0.221 e. The van der Waals surface area contributed by atoms with Gasteiger partial charge in [0, 0.05) is 35.2 Å². The van der Waals surface area contributed by atoms with Crippen molar-refractivity contribution in [2.75, 3.05) is 11.1 Å². The summed E-state index contributed by atoms with van der Waals surface area (Å²) in [6.45, 7) is 1.51. The van der Waals surface area contributed by atoms with Crippen LogP contribution < -0.4 is 5.32 Å². The minimum Gasteiger partial charge on any atom is -0.392 e. The van der Waals surface area contributed by atoms with Gasteiger partial charge in [-0.25, -0.2) is 0 Å². The number of aliphatic hydroxyl groups is 1. The topological polar surface area (TPSA) is 67.8 Å². The average molecular weight is 450 g/mol. The summed E-state index contributed by atoms with van der Waals surface area (Å²) in [6, 6.07) is 25.8. The number of rotatable bonds is 7. The lowest BCUT2D eigenvalue weighted by molar-refractivity contribution is -0.245. The molecule has 0 aromatic heterocycles. The van der Waals surface area contributed by atoms with Crippen molar-refractivity contribution in [3.63, 3.8) is 0 Å². The van der Waals surface area contributed by atoms with E-state index in [-0.39, 0.29) is 24.7 Å². The predicted octanol–water partition coefficient (Wildman–Crippen LogP) is 5.48. The minimum atomic E-state index is -0.501. The van der Waals surface area contributed by atoms with Gasteiger partial charge in [0.25, 0.3) is 0 Å². The number of benzene rings is 3. The van der Waals surface area contributed by atoms with E-state index >= 15 is 0 Å². The number of carbonyl (C=O) groups is 1. The van der Waals surface area contributed by atoms with Gasteiger partial charge in [0.05, 0.1) is 18.8 Å². The van der Waals surface area contributed by atoms with E-state index in [9.17, 15) is 9.90 Å². The highest BCUT2D eigenvalue weighted by molar-refractivity contribution is 7.99. The van der Waals surface area contributed by atoms with Crippen LogP contribution in [0.3, 0.4) is 0 Å². The molecule has 3 aromatic rings. The molecule has 0 bridgehead atoms. The van der Waals surface area contributed by atoms with Gasteiger partial charge in [-0.1, -0.05) is 54.6 Å². The Morgan fingerprint density at radius 1 is 0.969 bits per heavy atom. The molecule has 0 aliphatic carbocycles. The van der Waals surface area contributed by atoms with Crippen molar-refractivity contribution in [2.24, 2.45) is 0 Å². The van der Waals surface area contributed by atoms with Crippen LogP contribution >= 0.6 is 11.8 Å². The Kier molecular flexibility index (Phi) is 7.60. The molecule has 1 aliphatic heterocycles. The first-order chi connectivity index (χ1) is 15.6. The summed E-state index contributed by atoms with van der Waals surface area (Å²) in [5.74, 6) is 0.714. The smallest absolute Gasteiger partial charge is 0.221 e. The third-order valence-electron chi connectivity index (χ3n) is 5.30. The van der Waals surface area contributed by atoms with Gasteiger partial charge in [-0.3, -0.25) is 4.79 Å². The highest BCUT2D eigenvalue weighted by Gasteiger charge is 2.32. The van der Waals surface area contributed by atoms with Crippen molar-refractivity contribution in [1.29, 1.82) is 0 Å². The zero-order valence-corrected chi connectivity index (χ0v) is 18.8. The lowest BCUT2D eigenvalue weighted by Crippen LogP contribution is -2.31. The third kappa shape index (κ3) is 5.99. The summed E-state index contributed by atoms with van der Waals surface area (Å²) in [5, 5.41) is 12.1. The van der Waals surface area contributed by atoms with E-state index in [0.29, 0.717) is 0 Å². The Morgan fingerprint density at radius 3 is 2.31 bits per heavy atom. The van der Waals surface area contributed by atoms with Crippen LogP contribution in [-0.4, -0.2) is 22.9 Å². The molecule has 1 fully saturated rings. The highest BCUT2D eigenvalue weighted by atomic mass is 32.2. The van der Waals surface area contributed by atoms with E-state index in [1.165, 1.54) is 11.8 Å². The van der Waals surface area contributed by atoms with Crippen molar-refractivity contribution in [1.82, 2.24) is 0 Å². The molecule has 6 heteroatoms. The molecule has 0 saturated carbocycles. The van der Waals surface area contributed by atoms with Crippen LogP contribution in [-0.2, 0) is 20.9 Å². The van der Waals surface area contributed by atoms with Crippen LogP contribution in [0.5, 0.6) is 0 Å². The Balaban J connectivity index is 1.52. The first kappa shape index (κ1) is 22.6. The molecule has 166 valence electrons. The standard InChI is InChI=1S/C26H27NO4S/c1-18(29)27-22-13-11-21(12-14-22)26-30-23(17-32-24-5-3-2-4-6-24)15-25(31-26)20-9-7-19(16-28)8-10-20/h2-14,23,25-26,28H,15-17H2,1H3,(H,27,29)/t23-,25+,26+/m1/s1. The molecule has 1 aliphatic rings. The largest absolute Gasteiger partial charge is 0.392 e. The SMILES string of the molecule is CC(=O)Nc1ccc([C@H]2O[C@@H](CSc3ccccc3)C[C@@H](c3ccc(CO)cc3)O2)cc1. The molecule has 0 unspecified atom stereocenters. The van der Waals surface area contributed by atoms with Gasteiger partial charge in [-0.15, -0.1) is 11.8 Å². The second-order valence-corrected chi connectivity index (χ2v) is 8.87. The third-order valence-corrected chi connectivity index (χ3v) is 6.44. The van der Waals surface area contributed by atoms with Gasteiger partial charge >= 0.3 is 0 Å². The summed E-state index contributed by atoms with van der Waals surface area (Å²) in [6.07, 6.45) is 0.145. The van der Waals surface area contributed by atoms with E-state index in [1.807, 2.05) is 66.7 Å². The molecule has 4 rings (SSSR count). The lowest BCUT2D eigenvalue weighted by Gasteiger charge is -2.36. The molecule has 32 heavy (non-hydrogen) atoms. The molecule has 2 N–H and O–H groups in total. The molecule has 5 nitrogen and oxygen atoms in total. The van der Waals surface area contributed by atoms with E-state index < -0.39 is 6.29 Å². The van der Waals surface area contributed by atoms with E-state index in [2.05, 4.69) is 17.4 Å². The molecular formula is C26H27NO4S. The molecule has 1 saturated heterocycles. The number of aliphatic hydroxyl groups excluding tert-OH is 1. The zero-order valence-electron chi connectivity index (χ0n) is 17.9. The quantitative estimate of drug-likeness (QED) is 0.468. The second kappa shape index (κ2) is 10.8. The Bertz CT molecular complexity index is 1010. The monoisotopic (exact) mass is 449 g/mol. The number of amides is 1. The molecule has 0 radical (unpaired) electrons. The number of nitrogens with one attached hydrogen (secondary N) is 1. The fourth-order valence-corrected chi connectivity index (χ4v) is 4.60. The van der Waals surface area contributed by atoms with Gasteiger partial charge in [0.1, 0.15) is 0 Å².